The Morgan fingerprint density at radius 3 is 2.58 bits per heavy atom. The molecule has 2 N–H and O–H groups in total. The fourth-order valence-corrected chi connectivity index (χ4v) is 2.70. The Hall–Kier alpha value is -1.78. The van der Waals surface area contributed by atoms with E-state index in [1.807, 2.05) is 0 Å². The lowest BCUT2D eigenvalue weighted by molar-refractivity contribution is 0.0691. The van der Waals surface area contributed by atoms with Crippen LogP contribution in [0.5, 0.6) is 0 Å². The summed E-state index contributed by atoms with van der Waals surface area (Å²) in [7, 11) is -3.85. The number of morpholine rings is 1. The van der Waals surface area contributed by atoms with Crippen LogP contribution in [0.3, 0.4) is 0 Å². The van der Waals surface area contributed by atoms with Gasteiger partial charge in [0, 0.05) is 25.5 Å². The second-order valence-corrected chi connectivity index (χ2v) is 5.35. The number of nitrogens with one attached hydrogen (secondary N) is 1. The van der Waals surface area contributed by atoms with Gasteiger partial charge in [0.05, 0.1) is 13.2 Å². The third kappa shape index (κ3) is 3.16. The van der Waals surface area contributed by atoms with Crippen LogP contribution in [0.15, 0.2) is 12.4 Å². The fraction of sp³-hybridized carbons (Fsp3) is 0.444. The first-order chi connectivity index (χ1) is 9.00. The maximum atomic E-state index is 12.0. The monoisotopic (exact) mass is 288 g/mol. The molecule has 2 rings (SSSR count). The summed E-state index contributed by atoms with van der Waals surface area (Å²) in [5, 5.41) is 8.90. The maximum Gasteiger partial charge on any atom is 0.358 e. The van der Waals surface area contributed by atoms with Gasteiger partial charge < -0.3 is 9.84 Å². The SMILES string of the molecule is O=C(O)c1nccnc1NS(=O)(=O)N1CCOCC1. The van der Waals surface area contributed by atoms with Crippen molar-refractivity contribution in [3.8, 4) is 0 Å². The molecule has 0 saturated carbocycles. The summed E-state index contributed by atoms with van der Waals surface area (Å²) in [4.78, 5) is 18.2. The summed E-state index contributed by atoms with van der Waals surface area (Å²) in [6.45, 7) is 1.01. The highest BCUT2D eigenvalue weighted by molar-refractivity contribution is 7.90. The maximum absolute atomic E-state index is 12.0. The summed E-state index contributed by atoms with van der Waals surface area (Å²) < 4.78 is 32.4. The van der Waals surface area contributed by atoms with Gasteiger partial charge in [-0.3, -0.25) is 4.72 Å². The van der Waals surface area contributed by atoms with Crippen LogP contribution >= 0.6 is 0 Å². The molecule has 9 nitrogen and oxygen atoms in total. The summed E-state index contributed by atoms with van der Waals surface area (Å²) >= 11 is 0. The average Bonchev–Trinajstić information content (AvgIpc) is 2.39. The lowest BCUT2D eigenvalue weighted by Gasteiger charge is -2.26. The molecule has 104 valence electrons. The van der Waals surface area contributed by atoms with E-state index in [0.717, 1.165) is 4.31 Å². The standard InChI is InChI=1S/C9H12N4O5S/c14-9(15)7-8(11-2-1-10-7)12-19(16,17)13-3-5-18-6-4-13/h1-2H,3-6H2,(H,11,12)(H,14,15). The van der Waals surface area contributed by atoms with Crippen molar-refractivity contribution in [3.05, 3.63) is 18.1 Å². The van der Waals surface area contributed by atoms with Crippen LogP contribution in [0, 0.1) is 0 Å². The van der Waals surface area contributed by atoms with Crippen LogP contribution in [0.1, 0.15) is 10.5 Å². The van der Waals surface area contributed by atoms with Crippen molar-refractivity contribution in [2.24, 2.45) is 0 Å². The van der Waals surface area contributed by atoms with Crippen LogP contribution in [0.4, 0.5) is 5.82 Å². The molecule has 1 aromatic heterocycles. The zero-order valence-electron chi connectivity index (χ0n) is 9.81. The predicted molar refractivity (Wildman–Crippen MR) is 63.9 cm³/mol. The molecule has 1 aromatic rings. The van der Waals surface area contributed by atoms with Crippen molar-refractivity contribution in [2.75, 3.05) is 31.0 Å². The molecule has 1 fully saturated rings. The van der Waals surface area contributed by atoms with E-state index in [-0.39, 0.29) is 18.9 Å². The number of carboxylic acids is 1. The molecule has 2 heterocycles. The van der Waals surface area contributed by atoms with Crippen LogP contribution in [0.2, 0.25) is 0 Å². The molecule has 0 aliphatic carbocycles. The molecular weight excluding hydrogens is 276 g/mol. The average molecular weight is 288 g/mol. The highest BCUT2D eigenvalue weighted by Gasteiger charge is 2.26. The zero-order valence-corrected chi connectivity index (χ0v) is 10.6. The van der Waals surface area contributed by atoms with Crippen LogP contribution < -0.4 is 4.72 Å². The molecule has 10 heteroatoms. The number of aromatic carboxylic acids is 1. The topological polar surface area (TPSA) is 122 Å². The van der Waals surface area contributed by atoms with E-state index in [1.165, 1.54) is 12.4 Å². The summed E-state index contributed by atoms with van der Waals surface area (Å²) in [5.41, 5.74) is -0.445. The number of hydrogen-bond acceptors (Lipinski definition) is 6. The first-order valence-corrected chi connectivity index (χ1v) is 6.84. The molecule has 1 aliphatic heterocycles. The Kier molecular flexibility index (Phi) is 3.93. The minimum atomic E-state index is -3.85. The van der Waals surface area contributed by atoms with Crippen molar-refractivity contribution in [3.63, 3.8) is 0 Å². The smallest absolute Gasteiger partial charge is 0.358 e. The zero-order chi connectivity index (χ0) is 13.9. The molecule has 0 radical (unpaired) electrons. The molecule has 0 amide bonds. The molecular formula is C9H12N4O5S. The lowest BCUT2D eigenvalue weighted by Crippen LogP contribution is -2.43. The number of anilines is 1. The minimum absolute atomic E-state index is 0.206. The van der Waals surface area contributed by atoms with Gasteiger partial charge in [-0.05, 0) is 0 Å². The Balaban J connectivity index is 2.22. The normalized spacial score (nSPS) is 17.1. The number of carboxylic acid groups (broad SMARTS) is 1. The molecule has 0 spiro atoms. The molecule has 0 aromatic carbocycles. The van der Waals surface area contributed by atoms with Crippen LogP contribution in [-0.4, -0.2) is 60.1 Å². The van der Waals surface area contributed by atoms with E-state index in [1.54, 1.807) is 0 Å². The van der Waals surface area contributed by atoms with Gasteiger partial charge in [0.2, 0.25) is 0 Å². The van der Waals surface area contributed by atoms with Gasteiger partial charge >= 0.3 is 16.2 Å². The van der Waals surface area contributed by atoms with Gasteiger partial charge in [-0.25, -0.2) is 14.8 Å². The third-order valence-electron chi connectivity index (χ3n) is 2.44. The van der Waals surface area contributed by atoms with Crippen molar-refractivity contribution in [2.45, 2.75) is 0 Å². The summed E-state index contributed by atoms with van der Waals surface area (Å²) in [6, 6.07) is 0. The van der Waals surface area contributed by atoms with E-state index >= 15 is 0 Å². The molecule has 1 saturated heterocycles. The molecule has 0 bridgehead atoms. The van der Waals surface area contributed by atoms with Crippen molar-refractivity contribution < 1.29 is 23.1 Å². The van der Waals surface area contributed by atoms with Crippen molar-refractivity contribution >= 4 is 22.0 Å². The molecule has 0 atom stereocenters. The van der Waals surface area contributed by atoms with Crippen LogP contribution in [-0.2, 0) is 14.9 Å². The predicted octanol–water partition coefficient (Wildman–Crippen LogP) is -0.836. The number of aromatic nitrogens is 2. The van der Waals surface area contributed by atoms with Crippen molar-refractivity contribution in [1.82, 2.24) is 14.3 Å². The first kappa shape index (κ1) is 13.6. The Morgan fingerprint density at radius 2 is 1.95 bits per heavy atom. The Morgan fingerprint density at radius 1 is 1.32 bits per heavy atom. The number of nitrogens with zero attached hydrogens (tertiary/aromatic N) is 3. The van der Waals surface area contributed by atoms with Gasteiger partial charge in [-0.15, -0.1) is 0 Å². The van der Waals surface area contributed by atoms with Gasteiger partial charge in [-0.2, -0.15) is 12.7 Å². The number of carbonyl (C=O) groups is 1. The van der Waals surface area contributed by atoms with E-state index in [2.05, 4.69) is 14.7 Å². The highest BCUT2D eigenvalue weighted by Crippen LogP contribution is 2.13. The van der Waals surface area contributed by atoms with E-state index < -0.39 is 21.9 Å². The highest BCUT2D eigenvalue weighted by atomic mass is 32.2. The third-order valence-corrected chi connectivity index (χ3v) is 3.93. The number of ether oxygens (including phenoxy) is 1. The van der Waals surface area contributed by atoms with E-state index in [9.17, 15) is 13.2 Å². The first-order valence-electron chi connectivity index (χ1n) is 5.40. The van der Waals surface area contributed by atoms with Gasteiger partial charge in [0.25, 0.3) is 0 Å². The van der Waals surface area contributed by atoms with Gasteiger partial charge in [-0.1, -0.05) is 0 Å². The summed E-state index contributed by atoms with van der Waals surface area (Å²) in [6.07, 6.45) is 2.39. The molecule has 1 aliphatic rings. The second kappa shape index (κ2) is 5.47. The van der Waals surface area contributed by atoms with E-state index in [0.29, 0.717) is 13.2 Å². The Labute approximate surface area is 109 Å². The van der Waals surface area contributed by atoms with Gasteiger partial charge in [0.15, 0.2) is 11.5 Å². The fourth-order valence-electron chi connectivity index (χ4n) is 1.54. The largest absolute Gasteiger partial charge is 0.476 e. The van der Waals surface area contributed by atoms with Crippen LogP contribution in [0.25, 0.3) is 0 Å². The van der Waals surface area contributed by atoms with E-state index in [4.69, 9.17) is 9.84 Å². The van der Waals surface area contributed by atoms with Crippen molar-refractivity contribution in [1.29, 1.82) is 0 Å². The lowest BCUT2D eigenvalue weighted by atomic mass is 10.4. The number of rotatable bonds is 4. The quantitative estimate of drug-likeness (QED) is 0.741. The molecule has 0 unspecified atom stereocenters. The van der Waals surface area contributed by atoms with Gasteiger partial charge in [0.1, 0.15) is 0 Å². The molecule has 19 heavy (non-hydrogen) atoms. The number of hydrogen-bond donors (Lipinski definition) is 2. The second-order valence-electron chi connectivity index (χ2n) is 3.68. The minimum Gasteiger partial charge on any atom is -0.476 e. The Bertz CT molecular complexity index is 570. The summed E-state index contributed by atoms with van der Waals surface area (Å²) in [5.74, 6) is -1.66.